The Morgan fingerprint density at radius 3 is 2.40 bits per heavy atom. The molecule has 0 bridgehead atoms. The van der Waals surface area contributed by atoms with E-state index in [-0.39, 0.29) is 23.7 Å². The van der Waals surface area contributed by atoms with Crippen LogP contribution in [0.4, 0.5) is 19.1 Å². The number of alkyl halides is 3. The number of aryl methyl sites for hydroxylation is 1. The van der Waals surface area contributed by atoms with E-state index in [9.17, 15) is 18.0 Å². The molecule has 0 saturated carbocycles. The van der Waals surface area contributed by atoms with Crippen molar-refractivity contribution >= 4 is 23.5 Å². The second-order valence-electron chi connectivity index (χ2n) is 8.80. The molecular weight excluding hydrogens is 481 g/mol. The molecule has 1 aromatic carbocycles. The van der Waals surface area contributed by atoms with E-state index in [1.807, 2.05) is 24.3 Å². The number of amides is 1. The van der Waals surface area contributed by atoms with E-state index in [0.29, 0.717) is 35.9 Å². The number of hydrogen-bond donors (Lipinski definition) is 0. The average molecular weight is 505 g/mol. The molecule has 1 saturated heterocycles. The number of carbonyl (C=O) groups is 1. The van der Waals surface area contributed by atoms with Gasteiger partial charge in [0.05, 0.1) is 23.0 Å². The third kappa shape index (κ3) is 6.05. The van der Waals surface area contributed by atoms with E-state index in [4.69, 9.17) is 11.6 Å². The van der Waals surface area contributed by atoms with Gasteiger partial charge in [0.25, 0.3) is 5.91 Å². The summed E-state index contributed by atoms with van der Waals surface area (Å²) in [6.07, 6.45) is -0.742. The number of anilines is 1. The molecule has 0 spiro atoms. The lowest BCUT2D eigenvalue weighted by molar-refractivity contribution is -0.138. The van der Waals surface area contributed by atoms with Crippen LogP contribution in [0.5, 0.6) is 0 Å². The second kappa shape index (κ2) is 10.2. The minimum atomic E-state index is -4.49. The number of aromatic nitrogens is 4. The van der Waals surface area contributed by atoms with Crippen molar-refractivity contribution in [3.63, 3.8) is 0 Å². The number of likely N-dealkylation sites (tertiary alicyclic amines) is 1. The standard InChI is InChI=1S/C24H24ClF3N6O/c1-15-7-17(9-31-32-15)22(35)34-13-18(8-16-3-5-21(25)6-4-16)19(14-34)12-33(2)23-29-10-20(11-30-23)24(26,27)28/h3-7,9-11,18-19H,8,12-14H2,1-2H3/t18?,19-/m0/s1. The lowest BCUT2D eigenvalue weighted by atomic mass is 9.89. The molecule has 2 atom stereocenters. The minimum absolute atomic E-state index is 0.0430. The van der Waals surface area contributed by atoms with Crippen molar-refractivity contribution in [3.8, 4) is 0 Å². The van der Waals surface area contributed by atoms with E-state index in [2.05, 4.69) is 20.2 Å². The predicted molar refractivity (Wildman–Crippen MR) is 125 cm³/mol. The van der Waals surface area contributed by atoms with Gasteiger partial charge in [-0.25, -0.2) is 9.97 Å². The molecular formula is C24H24ClF3N6O. The number of carbonyl (C=O) groups excluding carboxylic acids is 1. The van der Waals surface area contributed by atoms with Crippen molar-refractivity contribution in [1.82, 2.24) is 25.1 Å². The summed E-state index contributed by atoms with van der Waals surface area (Å²) in [7, 11) is 1.74. The molecule has 35 heavy (non-hydrogen) atoms. The topological polar surface area (TPSA) is 75.1 Å². The highest BCUT2D eigenvalue weighted by Gasteiger charge is 2.37. The first kappa shape index (κ1) is 24.8. The van der Waals surface area contributed by atoms with Crippen molar-refractivity contribution in [2.75, 3.05) is 31.6 Å². The SMILES string of the molecule is Cc1cc(C(=O)N2CC(Cc3ccc(Cl)cc3)[C@@H](CN(C)c3ncc(C(F)(F)F)cn3)C2)cnn1. The van der Waals surface area contributed by atoms with E-state index in [0.717, 1.165) is 24.4 Å². The first-order chi connectivity index (χ1) is 16.6. The van der Waals surface area contributed by atoms with Gasteiger partial charge in [-0.1, -0.05) is 23.7 Å². The number of nitrogens with zero attached hydrogens (tertiary/aromatic N) is 6. The molecule has 3 aromatic rings. The molecule has 184 valence electrons. The molecule has 1 aliphatic rings. The third-order valence-electron chi connectivity index (χ3n) is 6.11. The summed E-state index contributed by atoms with van der Waals surface area (Å²) in [6, 6.07) is 9.29. The van der Waals surface area contributed by atoms with Crippen molar-refractivity contribution in [2.45, 2.75) is 19.5 Å². The van der Waals surface area contributed by atoms with Crippen LogP contribution in [0.2, 0.25) is 5.02 Å². The number of rotatable bonds is 6. The van der Waals surface area contributed by atoms with Gasteiger partial charge in [-0.15, -0.1) is 0 Å². The summed E-state index contributed by atoms with van der Waals surface area (Å²) >= 11 is 6.02. The van der Waals surface area contributed by atoms with Gasteiger partial charge in [0.15, 0.2) is 0 Å². The first-order valence-corrected chi connectivity index (χ1v) is 11.4. The fourth-order valence-corrected chi connectivity index (χ4v) is 4.46. The highest BCUT2D eigenvalue weighted by molar-refractivity contribution is 6.30. The smallest absolute Gasteiger partial charge is 0.344 e. The van der Waals surface area contributed by atoms with Gasteiger partial charge in [0.2, 0.25) is 5.95 Å². The predicted octanol–water partition coefficient (Wildman–Crippen LogP) is 4.31. The maximum atomic E-state index is 13.2. The molecule has 0 aliphatic carbocycles. The van der Waals surface area contributed by atoms with Crippen LogP contribution >= 0.6 is 11.6 Å². The number of benzene rings is 1. The van der Waals surface area contributed by atoms with Gasteiger partial charge in [-0.3, -0.25) is 4.79 Å². The summed E-state index contributed by atoms with van der Waals surface area (Å²) in [5.41, 5.74) is 1.33. The quantitative estimate of drug-likeness (QED) is 0.498. The lowest BCUT2D eigenvalue weighted by Gasteiger charge is -2.25. The van der Waals surface area contributed by atoms with Crippen LogP contribution in [0.3, 0.4) is 0 Å². The maximum absolute atomic E-state index is 13.2. The fourth-order valence-electron chi connectivity index (χ4n) is 4.34. The fraction of sp³-hybridized carbons (Fsp3) is 0.375. The Balaban J connectivity index is 1.52. The summed E-state index contributed by atoms with van der Waals surface area (Å²) in [5, 5.41) is 8.45. The molecule has 11 heteroatoms. The zero-order valence-corrected chi connectivity index (χ0v) is 20.0. The van der Waals surface area contributed by atoms with E-state index < -0.39 is 11.7 Å². The molecule has 1 aliphatic heterocycles. The Morgan fingerprint density at radius 2 is 1.77 bits per heavy atom. The Hall–Kier alpha value is -3.27. The van der Waals surface area contributed by atoms with Crippen LogP contribution in [0.25, 0.3) is 0 Å². The minimum Gasteiger partial charge on any atom is -0.344 e. The number of hydrogen-bond acceptors (Lipinski definition) is 6. The zero-order chi connectivity index (χ0) is 25.2. The molecule has 1 amide bonds. The molecule has 1 fully saturated rings. The van der Waals surface area contributed by atoms with E-state index >= 15 is 0 Å². The Bertz CT molecular complexity index is 1170. The molecule has 2 aromatic heterocycles. The summed E-state index contributed by atoms with van der Waals surface area (Å²) in [6.45, 7) is 3.28. The van der Waals surface area contributed by atoms with Gasteiger partial charge in [-0.2, -0.15) is 23.4 Å². The van der Waals surface area contributed by atoms with E-state index in [1.54, 1.807) is 29.8 Å². The van der Waals surface area contributed by atoms with Crippen LogP contribution in [-0.2, 0) is 12.6 Å². The van der Waals surface area contributed by atoms with Crippen LogP contribution in [0.1, 0.15) is 27.2 Å². The van der Waals surface area contributed by atoms with Crippen molar-refractivity contribution < 1.29 is 18.0 Å². The first-order valence-electron chi connectivity index (χ1n) is 11.0. The molecule has 0 N–H and O–H groups in total. The van der Waals surface area contributed by atoms with Gasteiger partial charge < -0.3 is 9.80 Å². The largest absolute Gasteiger partial charge is 0.419 e. The van der Waals surface area contributed by atoms with Crippen molar-refractivity contribution in [3.05, 3.63) is 76.3 Å². The molecule has 3 heterocycles. The highest BCUT2D eigenvalue weighted by atomic mass is 35.5. The zero-order valence-electron chi connectivity index (χ0n) is 19.2. The Morgan fingerprint density at radius 1 is 1.11 bits per heavy atom. The summed E-state index contributed by atoms with van der Waals surface area (Å²) < 4.78 is 38.6. The maximum Gasteiger partial charge on any atom is 0.419 e. The summed E-state index contributed by atoms with van der Waals surface area (Å²) in [5.74, 6) is 0.233. The monoisotopic (exact) mass is 504 g/mol. The van der Waals surface area contributed by atoms with Crippen LogP contribution in [-0.4, -0.2) is 57.7 Å². The molecule has 1 unspecified atom stereocenters. The van der Waals surface area contributed by atoms with Gasteiger partial charge in [0.1, 0.15) is 0 Å². The van der Waals surface area contributed by atoms with Crippen LogP contribution < -0.4 is 4.90 Å². The normalized spacial score (nSPS) is 18.1. The summed E-state index contributed by atoms with van der Waals surface area (Å²) in [4.78, 5) is 24.5. The third-order valence-corrected chi connectivity index (χ3v) is 6.37. The average Bonchev–Trinajstić information content (AvgIpc) is 3.21. The van der Waals surface area contributed by atoms with Crippen LogP contribution in [0, 0.1) is 18.8 Å². The Labute approximate surface area is 206 Å². The number of halogens is 4. The van der Waals surface area contributed by atoms with Gasteiger partial charge >= 0.3 is 6.18 Å². The molecule has 7 nitrogen and oxygen atoms in total. The lowest BCUT2D eigenvalue weighted by Crippen LogP contribution is -2.33. The van der Waals surface area contributed by atoms with Crippen LogP contribution in [0.15, 0.2) is 48.9 Å². The molecule has 0 radical (unpaired) electrons. The Kier molecular flexibility index (Phi) is 7.20. The molecule has 4 rings (SSSR count). The van der Waals surface area contributed by atoms with Gasteiger partial charge in [0, 0.05) is 44.1 Å². The van der Waals surface area contributed by atoms with Gasteiger partial charge in [-0.05, 0) is 48.9 Å². The van der Waals surface area contributed by atoms with Crippen molar-refractivity contribution in [1.29, 1.82) is 0 Å². The van der Waals surface area contributed by atoms with E-state index in [1.165, 1.54) is 6.20 Å². The van der Waals surface area contributed by atoms with Crippen molar-refractivity contribution in [2.24, 2.45) is 11.8 Å². The highest BCUT2D eigenvalue weighted by Crippen LogP contribution is 2.31. The second-order valence-corrected chi connectivity index (χ2v) is 9.23.